The SMILES string of the molecule is CCCC(CCC)C(NCC)C1=CCCC1. The van der Waals surface area contributed by atoms with Crippen LogP contribution in [0.1, 0.15) is 65.7 Å². The smallest absolute Gasteiger partial charge is 0.0307 e. The zero-order chi connectivity index (χ0) is 11.8. The molecule has 0 aromatic carbocycles. The Morgan fingerprint density at radius 1 is 1.19 bits per heavy atom. The largest absolute Gasteiger partial charge is 0.310 e. The van der Waals surface area contributed by atoms with E-state index in [2.05, 4.69) is 32.2 Å². The van der Waals surface area contributed by atoms with Crippen LogP contribution in [0.15, 0.2) is 11.6 Å². The van der Waals surface area contributed by atoms with Crippen LogP contribution in [-0.2, 0) is 0 Å². The molecule has 0 spiro atoms. The van der Waals surface area contributed by atoms with E-state index in [1.54, 1.807) is 5.57 Å². The average Bonchev–Trinajstić information content (AvgIpc) is 2.79. The van der Waals surface area contributed by atoms with E-state index in [0.717, 1.165) is 12.5 Å². The van der Waals surface area contributed by atoms with Gasteiger partial charge in [0.15, 0.2) is 0 Å². The van der Waals surface area contributed by atoms with Gasteiger partial charge in [0.2, 0.25) is 0 Å². The maximum atomic E-state index is 3.73. The van der Waals surface area contributed by atoms with Crippen LogP contribution in [-0.4, -0.2) is 12.6 Å². The van der Waals surface area contributed by atoms with Gasteiger partial charge in [-0.15, -0.1) is 0 Å². The molecule has 1 nitrogen and oxygen atoms in total. The monoisotopic (exact) mass is 223 g/mol. The molecular formula is C15H29N. The predicted molar refractivity (Wildman–Crippen MR) is 72.7 cm³/mol. The third-order valence-corrected chi connectivity index (χ3v) is 3.69. The standard InChI is InChI=1S/C15H29N/c1-4-9-13(10-5-2)15(16-6-3)14-11-7-8-12-14/h11,13,15-16H,4-10,12H2,1-3H3. The summed E-state index contributed by atoms with van der Waals surface area (Å²) in [5, 5.41) is 3.73. The Hall–Kier alpha value is -0.300. The van der Waals surface area contributed by atoms with Crippen molar-refractivity contribution in [2.24, 2.45) is 5.92 Å². The van der Waals surface area contributed by atoms with Gasteiger partial charge in [0.05, 0.1) is 0 Å². The minimum absolute atomic E-state index is 0.674. The normalized spacial score (nSPS) is 17.9. The number of nitrogens with one attached hydrogen (secondary N) is 1. The van der Waals surface area contributed by atoms with Crippen LogP contribution in [0.2, 0.25) is 0 Å². The Morgan fingerprint density at radius 3 is 2.31 bits per heavy atom. The molecule has 1 rings (SSSR count). The van der Waals surface area contributed by atoms with E-state index in [4.69, 9.17) is 0 Å². The number of rotatable bonds is 8. The van der Waals surface area contributed by atoms with Gasteiger partial charge < -0.3 is 5.32 Å². The van der Waals surface area contributed by atoms with E-state index in [1.807, 2.05) is 0 Å². The summed E-state index contributed by atoms with van der Waals surface area (Å²) in [7, 11) is 0. The molecule has 0 aromatic rings. The summed E-state index contributed by atoms with van der Waals surface area (Å²) in [6.45, 7) is 7.97. The summed E-state index contributed by atoms with van der Waals surface area (Å²) < 4.78 is 0. The van der Waals surface area contributed by atoms with Gasteiger partial charge >= 0.3 is 0 Å². The highest BCUT2D eigenvalue weighted by atomic mass is 14.9. The van der Waals surface area contributed by atoms with Crippen LogP contribution in [0, 0.1) is 5.92 Å². The molecule has 0 saturated carbocycles. The molecule has 0 amide bonds. The molecule has 1 aliphatic carbocycles. The molecule has 16 heavy (non-hydrogen) atoms. The molecule has 1 atom stereocenters. The first-order chi connectivity index (χ1) is 7.83. The van der Waals surface area contributed by atoms with E-state index in [-0.39, 0.29) is 0 Å². The highest BCUT2D eigenvalue weighted by Gasteiger charge is 2.24. The van der Waals surface area contributed by atoms with Gasteiger partial charge in [-0.05, 0) is 44.6 Å². The molecule has 0 saturated heterocycles. The van der Waals surface area contributed by atoms with Crippen LogP contribution < -0.4 is 5.32 Å². The summed E-state index contributed by atoms with van der Waals surface area (Å²) in [6, 6.07) is 0.674. The van der Waals surface area contributed by atoms with Crippen LogP contribution in [0.4, 0.5) is 0 Å². The number of hydrogen-bond acceptors (Lipinski definition) is 1. The molecule has 1 N–H and O–H groups in total. The lowest BCUT2D eigenvalue weighted by molar-refractivity contribution is 0.342. The number of allylic oxidation sites excluding steroid dienone is 1. The maximum Gasteiger partial charge on any atom is 0.0307 e. The first-order valence-electron chi connectivity index (χ1n) is 7.25. The van der Waals surface area contributed by atoms with E-state index in [9.17, 15) is 0 Å². The first-order valence-corrected chi connectivity index (χ1v) is 7.25. The average molecular weight is 223 g/mol. The van der Waals surface area contributed by atoms with Crippen molar-refractivity contribution in [3.05, 3.63) is 11.6 Å². The molecule has 0 aromatic heterocycles. The second kappa shape index (κ2) is 7.89. The lowest BCUT2D eigenvalue weighted by Gasteiger charge is -2.29. The topological polar surface area (TPSA) is 12.0 Å². The van der Waals surface area contributed by atoms with Gasteiger partial charge in [-0.1, -0.05) is 45.3 Å². The Kier molecular flexibility index (Phi) is 6.79. The van der Waals surface area contributed by atoms with Crippen molar-refractivity contribution in [3.8, 4) is 0 Å². The van der Waals surface area contributed by atoms with Crippen molar-refractivity contribution < 1.29 is 0 Å². The van der Waals surface area contributed by atoms with Gasteiger partial charge in [-0.25, -0.2) is 0 Å². The Bertz CT molecular complexity index is 201. The third kappa shape index (κ3) is 3.93. The van der Waals surface area contributed by atoms with Crippen molar-refractivity contribution in [2.45, 2.75) is 71.8 Å². The minimum atomic E-state index is 0.674. The molecule has 0 radical (unpaired) electrons. The summed E-state index contributed by atoms with van der Waals surface area (Å²) in [6.07, 6.45) is 11.9. The van der Waals surface area contributed by atoms with E-state index in [1.165, 1.54) is 44.9 Å². The first kappa shape index (κ1) is 13.8. The fourth-order valence-electron chi connectivity index (χ4n) is 3.02. The Balaban J connectivity index is 2.63. The van der Waals surface area contributed by atoms with Crippen LogP contribution >= 0.6 is 0 Å². The third-order valence-electron chi connectivity index (χ3n) is 3.69. The minimum Gasteiger partial charge on any atom is -0.310 e. The highest BCUT2D eigenvalue weighted by molar-refractivity contribution is 5.16. The maximum absolute atomic E-state index is 3.73. The van der Waals surface area contributed by atoms with Crippen LogP contribution in [0.25, 0.3) is 0 Å². The summed E-state index contributed by atoms with van der Waals surface area (Å²) in [5.74, 6) is 0.860. The summed E-state index contributed by atoms with van der Waals surface area (Å²) in [5.41, 5.74) is 1.70. The molecule has 0 bridgehead atoms. The van der Waals surface area contributed by atoms with Gasteiger partial charge in [0, 0.05) is 6.04 Å². The molecule has 1 aliphatic rings. The van der Waals surface area contributed by atoms with Gasteiger partial charge in [0.25, 0.3) is 0 Å². The van der Waals surface area contributed by atoms with Gasteiger partial charge in [0.1, 0.15) is 0 Å². The summed E-state index contributed by atoms with van der Waals surface area (Å²) in [4.78, 5) is 0. The van der Waals surface area contributed by atoms with Crippen molar-refractivity contribution >= 4 is 0 Å². The van der Waals surface area contributed by atoms with Crippen LogP contribution in [0.5, 0.6) is 0 Å². The highest BCUT2D eigenvalue weighted by Crippen LogP contribution is 2.29. The molecule has 0 aliphatic heterocycles. The van der Waals surface area contributed by atoms with Crippen molar-refractivity contribution in [1.29, 1.82) is 0 Å². The fourth-order valence-corrected chi connectivity index (χ4v) is 3.02. The number of likely N-dealkylation sites (N-methyl/N-ethyl adjacent to an activating group) is 1. The Labute approximate surface area is 102 Å². The Morgan fingerprint density at radius 2 is 1.88 bits per heavy atom. The molecule has 1 unspecified atom stereocenters. The molecule has 0 fully saturated rings. The quantitative estimate of drug-likeness (QED) is 0.605. The van der Waals surface area contributed by atoms with E-state index >= 15 is 0 Å². The van der Waals surface area contributed by atoms with Crippen molar-refractivity contribution in [3.63, 3.8) is 0 Å². The lowest BCUT2D eigenvalue weighted by Crippen LogP contribution is -2.37. The lowest BCUT2D eigenvalue weighted by atomic mass is 9.85. The molecule has 1 heteroatoms. The second-order valence-electron chi connectivity index (χ2n) is 5.04. The zero-order valence-corrected chi connectivity index (χ0v) is 11.4. The van der Waals surface area contributed by atoms with E-state index in [0.29, 0.717) is 6.04 Å². The molecule has 0 heterocycles. The van der Waals surface area contributed by atoms with Crippen molar-refractivity contribution in [1.82, 2.24) is 5.32 Å². The molecular weight excluding hydrogens is 194 g/mol. The van der Waals surface area contributed by atoms with Gasteiger partial charge in [-0.3, -0.25) is 0 Å². The second-order valence-corrected chi connectivity index (χ2v) is 5.04. The zero-order valence-electron chi connectivity index (χ0n) is 11.4. The van der Waals surface area contributed by atoms with Crippen molar-refractivity contribution in [2.75, 3.05) is 6.54 Å². The fraction of sp³-hybridized carbons (Fsp3) is 0.867. The van der Waals surface area contributed by atoms with Gasteiger partial charge in [-0.2, -0.15) is 0 Å². The summed E-state index contributed by atoms with van der Waals surface area (Å²) >= 11 is 0. The predicted octanol–water partition coefficient (Wildman–Crippen LogP) is 4.29. The van der Waals surface area contributed by atoms with Crippen LogP contribution in [0.3, 0.4) is 0 Å². The number of hydrogen-bond donors (Lipinski definition) is 1. The van der Waals surface area contributed by atoms with E-state index < -0.39 is 0 Å². The molecule has 94 valence electrons.